The van der Waals surface area contributed by atoms with E-state index in [0.29, 0.717) is 17.0 Å². The van der Waals surface area contributed by atoms with Crippen LogP contribution in [0.15, 0.2) is 17.4 Å². The Morgan fingerprint density at radius 2 is 2.23 bits per heavy atom. The van der Waals surface area contributed by atoms with Crippen LogP contribution in [-0.2, 0) is 4.79 Å². The number of hydrogen-bond acceptors (Lipinski definition) is 6. The summed E-state index contributed by atoms with van der Waals surface area (Å²) in [4.78, 5) is 12.1. The third kappa shape index (κ3) is 3.08. The van der Waals surface area contributed by atoms with E-state index in [-0.39, 0.29) is 11.7 Å². The maximum absolute atomic E-state index is 12.1. The highest BCUT2D eigenvalue weighted by molar-refractivity contribution is 7.99. The molecule has 1 aliphatic rings. The Labute approximate surface area is 132 Å². The largest absolute Gasteiger partial charge is 0.336 e. The fourth-order valence-corrected chi connectivity index (χ4v) is 3.31. The maximum Gasteiger partial charge on any atom is 0.235 e. The molecule has 0 aliphatic heterocycles. The summed E-state index contributed by atoms with van der Waals surface area (Å²) in [5.41, 5.74) is 0. The summed E-state index contributed by atoms with van der Waals surface area (Å²) in [7, 11) is 0. The van der Waals surface area contributed by atoms with E-state index in [1.54, 1.807) is 13.1 Å². The van der Waals surface area contributed by atoms with Crippen molar-refractivity contribution in [2.45, 2.75) is 43.8 Å². The number of nitrogens with one attached hydrogen (secondary N) is 1. The first-order valence-electron chi connectivity index (χ1n) is 7.28. The number of nitrogens with zero attached hydrogens (tertiary/aromatic N) is 5. The highest BCUT2D eigenvalue weighted by Crippen LogP contribution is 2.31. The van der Waals surface area contributed by atoms with E-state index in [1.807, 2.05) is 10.7 Å². The van der Waals surface area contributed by atoms with E-state index in [2.05, 4.69) is 20.6 Å². The minimum atomic E-state index is -0.106. The molecule has 2 aromatic rings. The molecule has 1 saturated carbocycles. The van der Waals surface area contributed by atoms with Crippen molar-refractivity contribution in [3.8, 4) is 0 Å². The van der Waals surface area contributed by atoms with Crippen LogP contribution >= 0.6 is 11.8 Å². The summed E-state index contributed by atoms with van der Waals surface area (Å²) in [5.74, 6) is 7.24. The smallest absolute Gasteiger partial charge is 0.235 e. The lowest BCUT2D eigenvalue weighted by atomic mass is 10.2. The molecular formula is C13H19N7OS. The molecule has 0 radical (unpaired) electrons. The number of hydrogen-bond donors (Lipinski definition) is 2. The van der Waals surface area contributed by atoms with Gasteiger partial charge in [-0.25, -0.2) is 9.36 Å². The highest BCUT2D eigenvalue weighted by atomic mass is 32.2. The van der Waals surface area contributed by atoms with E-state index in [4.69, 9.17) is 5.84 Å². The van der Waals surface area contributed by atoms with Crippen LogP contribution in [0.4, 0.5) is 5.82 Å². The Hall–Kier alpha value is -2.03. The van der Waals surface area contributed by atoms with Gasteiger partial charge in [-0.15, -0.1) is 10.2 Å². The molecule has 3 rings (SSSR count). The van der Waals surface area contributed by atoms with E-state index in [0.717, 1.165) is 18.7 Å². The fraction of sp³-hybridized carbons (Fsp3) is 0.538. The van der Waals surface area contributed by atoms with Crippen molar-refractivity contribution >= 4 is 23.5 Å². The van der Waals surface area contributed by atoms with Gasteiger partial charge in [-0.05, 0) is 19.8 Å². The van der Waals surface area contributed by atoms with Gasteiger partial charge in [0, 0.05) is 6.07 Å². The SMILES string of the molecule is Cc1nnc(SCC(=O)Nc2ccnn2C2CCCC2)n1N. The molecule has 2 aromatic heterocycles. The molecule has 9 heteroatoms. The number of amides is 1. The molecule has 0 bridgehead atoms. The minimum absolute atomic E-state index is 0.106. The van der Waals surface area contributed by atoms with Crippen LogP contribution in [0.2, 0.25) is 0 Å². The van der Waals surface area contributed by atoms with Crippen LogP contribution in [-0.4, -0.2) is 36.3 Å². The van der Waals surface area contributed by atoms with Crippen molar-refractivity contribution in [3.63, 3.8) is 0 Å². The van der Waals surface area contributed by atoms with Gasteiger partial charge in [0.15, 0.2) is 0 Å². The maximum atomic E-state index is 12.1. The summed E-state index contributed by atoms with van der Waals surface area (Å²) >= 11 is 1.26. The molecule has 0 aromatic carbocycles. The van der Waals surface area contributed by atoms with Crippen LogP contribution in [0.25, 0.3) is 0 Å². The third-order valence-corrected chi connectivity index (χ3v) is 4.72. The molecule has 22 heavy (non-hydrogen) atoms. The highest BCUT2D eigenvalue weighted by Gasteiger charge is 2.20. The lowest BCUT2D eigenvalue weighted by Crippen LogP contribution is -2.20. The summed E-state index contributed by atoms with van der Waals surface area (Å²) in [6.07, 6.45) is 6.41. The molecule has 8 nitrogen and oxygen atoms in total. The predicted octanol–water partition coefficient (Wildman–Crippen LogP) is 1.34. The van der Waals surface area contributed by atoms with Crippen molar-refractivity contribution in [3.05, 3.63) is 18.1 Å². The van der Waals surface area contributed by atoms with Gasteiger partial charge in [-0.1, -0.05) is 24.6 Å². The van der Waals surface area contributed by atoms with Gasteiger partial charge in [-0.3, -0.25) is 4.79 Å². The number of anilines is 1. The zero-order valence-corrected chi connectivity index (χ0v) is 13.2. The number of rotatable bonds is 5. The summed E-state index contributed by atoms with van der Waals surface area (Å²) in [6.45, 7) is 1.76. The number of carbonyl (C=O) groups excluding carboxylic acids is 1. The van der Waals surface area contributed by atoms with E-state index < -0.39 is 0 Å². The summed E-state index contributed by atoms with van der Waals surface area (Å²) < 4.78 is 3.30. The molecule has 1 aliphatic carbocycles. The van der Waals surface area contributed by atoms with Gasteiger partial charge in [-0.2, -0.15) is 5.10 Å². The number of aryl methyl sites for hydroxylation is 1. The Balaban J connectivity index is 1.58. The standard InChI is InChI=1S/C13H19N7OS/c1-9-17-18-13(19(9)14)22-8-12(21)16-11-6-7-15-20(11)10-4-2-3-5-10/h6-7,10H,2-5,8,14H2,1H3,(H,16,21). The molecule has 0 spiro atoms. The molecule has 1 fully saturated rings. The molecule has 118 valence electrons. The quantitative estimate of drug-likeness (QED) is 0.636. The first kappa shape index (κ1) is 14.9. The topological polar surface area (TPSA) is 104 Å². The zero-order valence-electron chi connectivity index (χ0n) is 12.4. The van der Waals surface area contributed by atoms with Crippen molar-refractivity contribution in [1.82, 2.24) is 24.7 Å². The molecular weight excluding hydrogens is 302 g/mol. The van der Waals surface area contributed by atoms with Crippen LogP contribution in [0.3, 0.4) is 0 Å². The normalized spacial score (nSPS) is 15.3. The number of nitrogens with two attached hydrogens (primary N) is 1. The lowest BCUT2D eigenvalue weighted by Gasteiger charge is -2.14. The van der Waals surface area contributed by atoms with Crippen molar-refractivity contribution in [2.24, 2.45) is 0 Å². The molecule has 2 heterocycles. The van der Waals surface area contributed by atoms with Gasteiger partial charge in [0.1, 0.15) is 11.6 Å². The lowest BCUT2D eigenvalue weighted by molar-refractivity contribution is -0.113. The van der Waals surface area contributed by atoms with E-state index in [1.165, 1.54) is 29.3 Å². The first-order chi connectivity index (χ1) is 10.6. The zero-order chi connectivity index (χ0) is 15.5. The van der Waals surface area contributed by atoms with Gasteiger partial charge >= 0.3 is 0 Å². The van der Waals surface area contributed by atoms with Crippen molar-refractivity contribution in [1.29, 1.82) is 0 Å². The van der Waals surface area contributed by atoms with Crippen LogP contribution in [0.1, 0.15) is 37.5 Å². The molecule has 0 atom stereocenters. The second-order valence-electron chi connectivity index (χ2n) is 5.34. The number of thioether (sulfide) groups is 1. The van der Waals surface area contributed by atoms with E-state index >= 15 is 0 Å². The Bertz CT molecular complexity index is 659. The van der Waals surface area contributed by atoms with Gasteiger partial charge < -0.3 is 11.2 Å². The Morgan fingerprint density at radius 3 is 2.91 bits per heavy atom. The minimum Gasteiger partial charge on any atom is -0.336 e. The molecule has 0 saturated heterocycles. The molecule has 0 unspecified atom stereocenters. The number of carbonyl (C=O) groups is 1. The molecule has 3 N–H and O–H groups in total. The second-order valence-corrected chi connectivity index (χ2v) is 6.28. The summed E-state index contributed by atoms with van der Waals surface area (Å²) in [5, 5.41) is 15.5. The number of aromatic nitrogens is 5. The predicted molar refractivity (Wildman–Crippen MR) is 84.0 cm³/mol. The van der Waals surface area contributed by atoms with Crippen LogP contribution < -0.4 is 11.2 Å². The molecule has 1 amide bonds. The van der Waals surface area contributed by atoms with Crippen molar-refractivity contribution in [2.75, 3.05) is 16.9 Å². The first-order valence-corrected chi connectivity index (χ1v) is 8.27. The van der Waals surface area contributed by atoms with Gasteiger partial charge in [0.05, 0.1) is 18.0 Å². The average Bonchev–Trinajstić information content (AvgIpc) is 3.21. The van der Waals surface area contributed by atoms with Gasteiger partial charge in [0.25, 0.3) is 0 Å². The fourth-order valence-electron chi connectivity index (χ4n) is 2.61. The summed E-state index contributed by atoms with van der Waals surface area (Å²) in [6, 6.07) is 2.23. The number of nitrogen functional groups attached to an aromatic ring is 1. The monoisotopic (exact) mass is 321 g/mol. The Kier molecular flexibility index (Phi) is 4.32. The van der Waals surface area contributed by atoms with Crippen LogP contribution in [0, 0.1) is 6.92 Å². The van der Waals surface area contributed by atoms with E-state index in [9.17, 15) is 4.79 Å². The average molecular weight is 321 g/mol. The Morgan fingerprint density at radius 1 is 1.45 bits per heavy atom. The third-order valence-electron chi connectivity index (χ3n) is 3.78. The van der Waals surface area contributed by atoms with Crippen molar-refractivity contribution < 1.29 is 4.79 Å². The second kappa shape index (κ2) is 6.39. The van der Waals surface area contributed by atoms with Gasteiger partial charge in [0.2, 0.25) is 11.1 Å². The van der Waals surface area contributed by atoms with Crippen LogP contribution in [0.5, 0.6) is 0 Å².